The van der Waals surface area contributed by atoms with E-state index in [0.29, 0.717) is 30.7 Å². The molecule has 1 aliphatic rings. The second-order valence-corrected chi connectivity index (χ2v) is 7.39. The zero-order valence-electron chi connectivity index (χ0n) is 15.8. The molecule has 5 heteroatoms. The van der Waals surface area contributed by atoms with Crippen molar-refractivity contribution in [2.75, 3.05) is 19.6 Å². The number of nitrogens with one attached hydrogen (secondary N) is 1. The van der Waals surface area contributed by atoms with Gasteiger partial charge in [0.25, 0.3) is 0 Å². The molecule has 0 unspecified atom stereocenters. The minimum absolute atomic E-state index is 0.0751. The number of hydrogen-bond acceptors (Lipinski definition) is 4. The van der Waals surface area contributed by atoms with Crippen LogP contribution in [0.3, 0.4) is 0 Å². The molecule has 26 heavy (non-hydrogen) atoms. The Morgan fingerprint density at radius 1 is 1.35 bits per heavy atom. The van der Waals surface area contributed by atoms with Crippen LogP contribution in [0.25, 0.3) is 11.3 Å². The van der Waals surface area contributed by atoms with Crippen molar-refractivity contribution < 1.29 is 9.21 Å². The number of rotatable bonds is 7. The molecular formula is C21H29N3O2. The molecule has 2 aromatic rings. The van der Waals surface area contributed by atoms with Gasteiger partial charge in [-0.25, -0.2) is 4.98 Å². The Morgan fingerprint density at radius 2 is 2.15 bits per heavy atom. The third-order valence-corrected chi connectivity index (χ3v) is 5.05. The molecule has 2 heterocycles. The van der Waals surface area contributed by atoms with Crippen molar-refractivity contribution >= 4 is 5.91 Å². The summed E-state index contributed by atoms with van der Waals surface area (Å²) < 4.78 is 5.76. The van der Waals surface area contributed by atoms with Gasteiger partial charge in [0.1, 0.15) is 0 Å². The van der Waals surface area contributed by atoms with Crippen molar-refractivity contribution in [2.45, 2.75) is 45.6 Å². The van der Waals surface area contributed by atoms with Crippen LogP contribution < -0.4 is 5.32 Å². The van der Waals surface area contributed by atoms with Gasteiger partial charge in [0.05, 0.1) is 6.20 Å². The van der Waals surface area contributed by atoms with Crippen molar-refractivity contribution in [2.24, 2.45) is 5.92 Å². The molecule has 1 aliphatic heterocycles. The molecule has 0 spiro atoms. The van der Waals surface area contributed by atoms with Crippen LogP contribution in [0.2, 0.25) is 0 Å². The maximum absolute atomic E-state index is 12.2. The molecule has 1 amide bonds. The number of hydrogen-bond donors (Lipinski definition) is 1. The fourth-order valence-electron chi connectivity index (χ4n) is 3.46. The summed E-state index contributed by atoms with van der Waals surface area (Å²) in [5, 5.41) is 3.09. The summed E-state index contributed by atoms with van der Waals surface area (Å²) in [5.74, 6) is 1.99. The average Bonchev–Trinajstić information content (AvgIpc) is 3.15. The summed E-state index contributed by atoms with van der Waals surface area (Å²) >= 11 is 0. The van der Waals surface area contributed by atoms with Crippen molar-refractivity contribution in [3.05, 3.63) is 42.4 Å². The summed E-state index contributed by atoms with van der Waals surface area (Å²) in [6.45, 7) is 7.50. The van der Waals surface area contributed by atoms with E-state index in [-0.39, 0.29) is 5.91 Å². The van der Waals surface area contributed by atoms with Gasteiger partial charge in [-0.3, -0.25) is 4.79 Å². The topological polar surface area (TPSA) is 58.4 Å². The lowest BCUT2D eigenvalue weighted by Gasteiger charge is -2.35. The molecule has 0 radical (unpaired) electrons. The highest BCUT2D eigenvalue weighted by molar-refractivity contribution is 5.76. The first kappa shape index (κ1) is 18.6. The van der Waals surface area contributed by atoms with Gasteiger partial charge in [0, 0.05) is 37.5 Å². The zero-order valence-corrected chi connectivity index (χ0v) is 15.8. The standard InChI is InChI=1S/C21H29N3O2/c1-16(2)24-12-6-7-17(15-24)13-22-20(25)10-11-21-23-14-19(26-21)18-8-4-3-5-9-18/h3-5,8-9,14,16-17H,6-7,10-13,15H2,1-2H3,(H,22,25)/t17-/m0/s1. The number of amides is 1. The van der Waals surface area contributed by atoms with Crippen LogP contribution in [-0.4, -0.2) is 41.5 Å². The molecule has 140 valence electrons. The van der Waals surface area contributed by atoms with E-state index in [1.54, 1.807) is 6.20 Å². The molecule has 1 fully saturated rings. The minimum Gasteiger partial charge on any atom is -0.441 e. The summed E-state index contributed by atoms with van der Waals surface area (Å²) in [6.07, 6.45) is 5.09. The summed E-state index contributed by atoms with van der Waals surface area (Å²) in [4.78, 5) is 18.9. The van der Waals surface area contributed by atoms with E-state index in [9.17, 15) is 4.79 Å². The number of nitrogens with zero attached hydrogens (tertiary/aromatic N) is 2. The van der Waals surface area contributed by atoms with Crippen LogP contribution in [0.4, 0.5) is 0 Å². The van der Waals surface area contributed by atoms with Crippen LogP contribution in [0.1, 0.15) is 39.0 Å². The quantitative estimate of drug-likeness (QED) is 0.826. The number of carbonyl (C=O) groups excluding carboxylic acids is 1. The Kier molecular flexibility index (Phi) is 6.45. The molecule has 3 rings (SSSR count). The molecule has 1 saturated heterocycles. The predicted octanol–water partition coefficient (Wildman–Crippen LogP) is 3.51. The lowest BCUT2D eigenvalue weighted by Crippen LogP contribution is -2.43. The van der Waals surface area contributed by atoms with E-state index < -0.39 is 0 Å². The number of aryl methyl sites for hydroxylation is 1. The van der Waals surface area contributed by atoms with Gasteiger partial charge in [0.2, 0.25) is 5.91 Å². The highest BCUT2D eigenvalue weighted by Crippen LogP contribution is 2.20. The van der Waals surface area contributed by atoms with Gasteiger partial charge in [-0.15, -0.1) is 0 Å². The maximum atomic E-state index is 12.2. The third-order valence-electron chi connectivity index (χ3n) is 5.05. The Balaban J connectivity index is 1.41. The van der Waals surface area contributed by atoms with Gasteiger partial charge in [0.15, 0.2) is 11.7 Å². The second-order valence-electron chi connectivity index (χ2n) is 7.39. The largest absolute Gasteiger partial charge is 0.441 e. The lowest BCUT2D eigenvalue weighted by molar-refractivity contribution is -0.121. The number of piperidine rings is 1. The third kappa shape index (κ3) is 5.18. The average molecular weight is 355 g/mol. The van der Waals surface area contributed by atoms with Crippen LogP contribution in [0.5, 0.6) is 0 Å². The van der Waals surface area contributed by atoms with Gasteiger partial charge in [-0.1, -0.05) is 30.3 Å². The van der Waals surface area contributed by atoms with Crippen LogP contribution >= 0.6 is 0 Å². The number of carbonyl (C=O) groups is 1. The van der Waals surface area contributed by atoms with E-state index in [2.05, 4.69) is 29.0 Å². The Hall–Kier alpha value is -2.14. The molecule has 1 atom stereocenters. The summed E-state index contributed by atoms with van der Waals surface area (Å²) in [5.41, 5.74) is 1.00. The fraction of sp³-hybridized carbons (Fsp3) is 0.524. The predicted molar refractivity (Wildman–Crippen MR) is 103 cm³/mol. The SMILES string of the molecule is CC(C)N1CCC[C@@H](CNC(=O)CCc2ncc(-c3ccccc3)o2)C1. The van der Waals surface area contributed by atoms with Gasteiger partial charge in [-0.05, 0) is 39.2 Å². The fourth-order valence-corrected chi connectivity index (χ4v) is 3.46. The minimum atomic E-state index is 0.0751. The Morgan fingerprint density at radius 3 is 2.92 bits per heavy atom. The Bertz CT molecular complexity index is 696. The van der Waals surface area contributed by atoms with Gasteiger partial charge in [-0.2, -0.15) is 0 Å². The van der Waals surface area contributed by atoms with Gasteiger partial charge >= 0.3 is 0 Å². The Labute approximate surface area is 155 Å². The smallest absolute Gasteiger partial charge is 0.220 e. The van der Waals surface area contributed by atoms with Gasteiger partial charge < -0.3 is 14.6 Å². The highest BCUT2D eigenvalue weighted by Gasteiger charge is 2.21. The van der Waals surface area contributed by atoms with E-state index >= 15 is 0 Å². The van der Waals surface area contributed by atoms with Crippen molar-refractivity contribution in [3.63, 3.8) is 0 Å². The highest BCUT2D eigenvalue weighted by atomic mass is 16.4. The molecular weight excluding hydrogens is 326 g/mol. The van der Waals surface area contributed by atoms with E-state index in [4.69, 9.17) is 4.42 Å². The first-order valence-corrected chi connectivity index (χ1v) is 9.62. The number of benzene rings is 1. The molecule has 1 aromatic heterocycles. The lowest BCUT2D eigenvalue weighted by atomic mass is 9.97. The van der Waals surface area contributed by atoms with Crippen LogP contribution in [-0.2, 0) is 11.2 Å². The number of aromatic nitrogens is 1. The monoisotopic (exact) mass is 355 g/mol. The first-order valence-electron chi connectivity index (χ1n) is 9.62. The van der Waals surface area contributed by atoms with Crippen molar-refractivity contribution in [1.29, 1.82) is 0 Å². The molecule has 0 saturated carbocycles. The maximum Gasteiger partial charge on any atom is 0.220 e. The zero-order chi connectivity index (χ0) is 18.4. The normalized spacial score (nSPS) is 18.2. The van der Waals surface area contributed by atoms with Crippen LogP contribution in [0, 0.1) is 5.92 Å². The number of likely N-dealkylation sites (tertiary alicyclic amines) is 1. The summed E-state index contributed by atoms with van der Waals surface area (Å²) in [6, 6.07) is 10.5. The molecule has 0 aliphatic carbocycles. The van der Waals surface area contributed by atoms with Crippen molar-refractivity contribution in [3.8, 4) is 11.3 Å². The molecule has 1 N–H and O–H groups in total. The molecule has 0 bridgehead atoms. The number of oxazole rings is 1. The first-order chi connectivity index (χ1) is 12.6. The second kappa shape index (κ2) is 8.99. The molecule has 1 aromatic carbocycles. The van der Waals surface area contributed by atoms with Crippen LogP contribution in [0.15, 0.2) is 40.9 Å². The summed E-state index contributed by atoms with van der Waals surface area (Å²) in [7, 11) is 0. The molecule has 5 nitrogen and oxygen atoms in total. The van der Waals surface area contributed by atoms with E-state index in [1.165, 1.54) is 19.4 Å². The van der Waals surface area contributed by atoms with E-state index in [0.717, 1.165) is 24.4 Å². The van der Waals surface area contributed by atoms with Crippen molar-refractivity contribution in [1.82, 2.24) is 15.2 Å². The van der Waals surface area contributed by atoms with E-state index in [1.807, 2.05) is 30.3 Å².